The molecule has 0 radical (unpaired) electrons. The summed E-state index contributed by atoms with van der Waals surface area (Å²) >= 11 is 0. The average Bonchev–Trinajstić information content (AvgIpc) is 2.56. The van der Waals surface area contributed by atoms with Gasteiger partial charge in [0.25, 0.3) is 0 Å². The van der Waals surface area contributed by atoms with Crippen LogP contribution >= 0.6 is 0 Å². The lowest BCUT2D eigenvalue weighted by Crippen LogP contribution is -2.52. The molecule has 22 heavy (non-hydrogen) atoms. The number of ether oxygens (including phenoxy) is 2. The van der Waals surface area contributed by atoms with Crippen molar-refractivity contribution in [2.45, 2.75) is 50.7 Å². The van der Waals surface area contributed by atoms with Gasteiger partial charge in [0, 0.05) is 44.7 Å². The number of amides is 1. The van der Waals surface area contributed by atoms with E-state index in [0.29, 0.717) is 18.9 Å². The number of piperidine rings is 1. The zero-order valence-corrected chi connectivity index (χ0v) is 13.0. The van der Waals surface area contributed by atoms with Crippen LogP contribution < -0.4 is 4.74 Å². The van der Waals surface area contributed by atoms with Crippen LogP contribution in [-0.2, 0) is 9.53 Å². The fourth-order valence-corrected chi connectivity index (χ4v) is 3.34. The van der Waals surface area contributed by atoms with E-state index in [-0.39, 0.29) is 17.6 Å². The summed E-state index contributed by atoms with van der Waals surface area (Å²) in [4.78, 5) is 21.9. The minimum Gasteiger partial charge on any atom is -0.473 e. The number of rotatable bonds is 3. The van der Waals surface area contributed by atoms with Crippen molar-refractivity contribution in [3.8, 4) is 5.88 Å². The number of nitrogens with zero attached hydrogens (tertiary/aromatic N) is 3. The molecule has 2 aliphatic rings. The fourth-order valence-electron chi connectivity index (χ4n) is 3.34. The van der Waals surface area contributed by atoms with E-state index < -0.39 is 0 Å². The molecule has 1 aromatic rings. The van der Waals surface area contributed by atoms with E-state index in [1.54, 1.807) is 18.6 Å². The monoisotopic (exact) mass is 305 g/mol. The van der Waals surface area contributed by atoms with Gasteiger partial charge in [-0.15, -0.1) is 0 Å². The molecule has 0 aliphatic carbocycles. The molecule has 120 valence electrons. The van der Waals surface area contributed by atoms with Gasteiger partial charge in [-0.1, -0.05) is 6.92 Å². The first-order chi connectivity index (χ1) is 10.7. The summed E-state index contributed by atoms with van der Waals surface area (Å²) in [7, 11) is 0. The Morgan fingerprint density at radius 1 is 1.45 bits per heavy atom. The summed E-state index contributed by atoms with van der Waals surface area (Å²) in [5, 5.41) is 0. The lowest BCUT2D eigenvalue weighted by atomic mass is 9.83. The minimum absolute atomic E-state index is 0.110. The van der Waals surface area contributed by atoms with Crippen molar-refractivity contribution in [2.24, 2.45) is 0 Å². The van der Waals surface area contributed by atoms with E-state index in [1.807, 2.05) is 11.8 Å². The lowest BCUT2D eigenvalue weighted by molar-refractivity contribution is -0.151. The molecule has 6 nitrogen and oxygen atoms in total. The van der Waals surface area contributed by atoms with Gasteiger partial charge in [-0.2, -0.15) is 0 Å². The molecule has 2 saturated heterocycles. The van der Waals surface area contributed by atoms with Gasteiger partial charge in [-0.3, -0.25) is 9.78 Å². The van der Waals surface area contributed by atoms with Crippen molar-refractivity contribution in [3.63, 3.8) is 0 Å². The maximum Gasteiger partial charge on any atom is 0.232 e. The highest BCUT2D eigenvalue weighted by molar-refractivity contribution is 5.75. The molecule has 0 aromatic carbocycles. The molecule has 1 aromatic heterocycles. The SMILES string of the molecule is CCC(=O)N1CCC2(CC1)CC(Oc1cnccn1)CCO2. The predicted molar refractivity (Wildman–Crippen MR) is 80.5 cm³/mol. The second kappa shape index (κ2) is 6.60. The Morgan fingerprint density at radius 3 is 2.95 bits per heavy atom. The molecule has 3 rings (SSSR count). The summed E-state index contributed by atoms with van der Waals surface area (Å²) in [6.07, 6.45) is 9.11. The van der Waals surface area contributed by atoms with Gasteiger partial charge in [0.15, 0.2) is 0 Å². The maximum atomic E-state index is 11.8. The van der Waals surface area contributed by atoms with Gasteiger partial charge in [0.1, 0.15) is 6.10 Å². The van der Waals surface area contributed by atoms with Crippen LogP contribution in [0.15, 0.2) is 18.6 Å². The van der Waals surface area contributed by atoms with Gasteiger partial charge < -0.3 is 14.4 Å². The number of hydrogen-bond acceptors (Lipinski definition) is 5. The van der Waals surface area contributed by atoms with Crippen LogP contribution in [0.1, 0.15) is 39.0 Å². The van der Waals surface area contributed by atoms with Gasteiger partial charge in [0.05, 0.1) is 18.4 Å². The van der Waals surface area contributed by atoms with E-state index in [9.17, 15) is 4.79 Å². The third-order valence-corrected chi connectivity index (χ3v) is 4.60. The Kier molecular flexibility index (Phi) is 4.57. The van der Waals surface area contributed by atoms with Crippen molar-refractivity contribution < 1.29 is 14.3 Å². The Balaban J connectivity index is 1.58. The molecule has 6 heteroatoms. The van der Waals surface area contributed by atoms with Crippen molar-refractivity contribution >= 4 is 5.91 Å². The number of carbonyl (C=O) groups is 1. The molecular formula is C16H23N3O3. The standard InChI is InChI=1S/C16H23N3O3/c1-2-15(20)19-8-4-16(5-9-19)11-13(3-10-21-16)22-14-12-17-6-7-18-14/h6-7,12-13H,2-5,8-11H2,1H3. The Hall–Kier alpha value is -1.69. The van der Waals surface area contributed by atoms with Crippen LogP contribution in [0, 0.1) is 0 Å². The molecule has 1 atom stereocenters. The van der Waals surface area contributed by atoms with Crippen LogP contribution in [0.3, 0.4) is 0 Å². The summed E-state index contributed by atoms with van der Waals surface area (Å²) in [5.74, 6) is 0.807. The topological polar surface area (TPSA) is 64.6 Å². The normalized spacial score (nSPS) is 24.2. The van der Waals surface area contributed by atoms with Crippen LogP contribution in [-0.4, -0.2) is 52.2 Å². The first-order valence-electron chi connectivity index (χ1n) is 8.05. The third kappa shape index (κ3) is 3.38. The fraction of sp³-hybridized carbons (Fsp3) is 0.688. The lowest BCUT2D eigenvalue weighted by Gasteiger charge is -2.45. The number of aromatic nitrogens is 2. The molecule has 1 spiro atoms. The van der Waals surface area contributed by atoms with E-state index in [2.05, 4.69) is 9.97 Å². The van der Waals surface area contributed by atoms with Crippen molar-refractivity contribution in [1.29, 1.82) is 0 Å². The average molecular weight is 305 g/mol. The Bertz CT molecular complexity index is 501. The van der Waals surface area contributed by atoms with Gasteiger partial charge in [-0.25, -0.2) is 4.98 Å². The highest BCUT2D eigenvalue weighted by atomic mass is 16.5. The molecule has 2 aliphatic heterocycles. The zero-order chi connectivity index (χ0) is 15.4. The quantitative estimate of drug-likeness (QED) is 0.852. The maximum absolute atomic E-state index is 11.8. The third-order valence-electron chi connectivity index (χ3n) is 4.60. The highest BCUT2D eigenvalue weighted by Gasteiger charge is 2.41. The molecule has 1 unspecified atom stereocenters. The summed E-state index contributed by atoms with van der Waals surface area (Å²) in [6, 6.07) is 0. The minimum atomic E-state index is -0.143. The van der Waals surface area contributed by atoms with Crippen molar-refractivity contribution in [1.82, 2.24) is 14.9 Å². The molecule has 2 fully saturated rings. The van der Waals surface area contributed by atoms with Gasteiger partial charge in [-0.05, 0) is 12.8 Å². The highest BCUT2D eigenvalue weighted by Crippen LogP contribution is 2.36. The second-order valence-electron chi connectivity index (χ2n) is 6.04. The smallest absolute Gasteiger partial charge is 0.232 e. The molecular weight excluding hydrogens is 282 g/mol. The number of carbonyl (C=O) groups excluding carboxylic acids is 1. The molecule has 0 N–H and O–H groups in total. The van der Waals surface area contributed by atoms with Gasteiger partial charge in [0.2, 0.25) is 11.8 Å². The predicted octanol–water partition coefficient (Wildman–Crippen LogP) is 1.81. The second-order valence-corrected chi connectivity index (χ2v) is 6.04. The largest absolute Gasteiger partial charge is 0.473 e. The van der Waals surface area contributed by atoms with Crippen LogP contribution in [0.5, 0.6) is 5.88 Å². The molecule has 0 saturated carbocycles. The number of hydrogen-bond donors (Lipinski definition) is 0. The first kappa shape index (κ1) is 15.2. The summed E-state index contributed by atoms with van der Waals surface area (Å²) in [5.41, 5.74) is -0.143. The molecule has 0 bridgehead atoms. The van der Waals surface area contributed by atoms with E-state index in [1.165, 1.54) is 0 Å². The van der Waals surface area contributed by atoms with Crippen LogP contribution in [0.25, 0.3) is 0 Å². The summed E-state index contributed by atoms with van der Waals surface area (Å²) in [6.45, 7) is 4.18. The molecule has 3 heterocycles. The first-order valence-corrected chi connectivity index (χ1v) is 8.05. The van der Waals surface area contributed by atoms with Gasteiger partial charge >= 0.3 is 0 Å². The van der Waals surface area contributed by atoms with E-state index in [4.69, 9.17) is 9.47 Å². The van der Waals surface area contributed by atoms with Crippen molar-refractivity contribution in [2.75, 3.05) is 19.7 Å². The molecule has 1 amide bonds. The van der Waals surface area contributed by atoms with E-state index >= 15 is 0 Å². The van der Waals surface area contributed by atoms with Crippen LogP contribution in [0.2, 0.25) is 0 Å². The Morgan fingerprint density at radius 2 is 2.27 bits per heavy atom. The number of likely N-dealkylation sites (tertiary alicyclic amines) is 1. The Labute approximate surface area is 130 Å². The van der Waals surface area contributed by atoms with Crippen molar-refractivity contribution in [3.05, 3.63) is 18.6 Å². The van der Waals surface area contributed by atoms with Crippen LogP contribution in [0.4, 0.5) is 0 Å². The summed E-state index contributed by atoms with van der Waals surface area (Å²) < 4.78 is 12.0. The van der Waals surface area contributed by atoms with E-state index in [0.717, 1.165) is 38.8 Å². The zero-order valence-electron chi connectivity index (χ0n) is 13.0.